The predicted octanol–water partition coefficient (Wildman–Crippen LogP) is 5.54. The van der Waals surface area contributed by atoms with Crippen LogP contribution in [0.2, 0.25) is 0 Å². The third-order valence-electron chi connectivity index (χ3n) is 5.34. The second-order valence-corrected chi connectivity index (χ2v) is 8.94. The molecule has 0 bridgehead atoms. The first-order valence-electron chi connectivity index (χ1n) is 10.9. The van der Waals surface area contributed by atoms with Gasteiger partial charge in [-0.25, -0.2) is 8.78 Å². The largest absolute Gasteiger partial charge is 0.496 e. The standard InChI is InChI=1S/C27H27F2NO5/c1-27(2,3)30(15-25(31)32)26(33)19-7-5-6-17(12-19)16-35-20-10-8-18(9-11-20)21-13-22(28)23(29)14-24(21)34-4/h5-14H,15-16H2,1-4H3,(H,31,32). The summed E-state index contributed by atoms with van der Waals surface area (Å²) in [4.78, 5) is 25.5. The smallest absolute Gasteiger partial charge is 0.323 e. The summed E-state index contributed by atoms with van der Waals surface area (Å²) in [7, 11) is 1.38. The molecule has 0 unspecified atom stereocenters. The van der Waals surface area contributed by atoms with Crippen molar-refractivity contribution in [3.05, 3.63) is 83.4 Å². The molecular formula is C27H27F2NO5. The summed E-state index contributed by atoms with van der Waals surface area (Å²) in [5, 5.41) is 9.20. The minimum absolute atomic E-state index is 0.170. The van der Waals surface area contributed by atoms with Crippen LogP contribution in [0.1, 0.15) is 36.7 Å². The highest BCUT2D eigenvalue weighted by atomic mass is 19.2. The molecule has 1 N–H and O–H groups in total. The molecule has 184 valence electrons. The Hall–Kier alpha value is -3.94. The molecule has 0 aliphatic rings. The summed E-state index contributed by atoms with van der Waals surface area (Å²) >= 11 is 0. The average Bonchev–Trinajstić information content (AvgIpc) is 2.82. The second kappa shape index (κ2) is 10.5. The van der Waals surface area contributed by atoms with Gasteiger partial charge in [0.25, 0.3) is 5.91 Å². The van der Waals surface area contributed by atoms with Gasteiger partial charge in [-0.3, -0.25) is 9.59 Å². The lowest BCUT2D eigenvalue weighted by Crippen LogP contribution is -2.48. The minimum Gasteiger partial charge on any atom is -0.496 e. The van der Waals surface area contributed by atoms with Gasteiger partial charge in [0.1, 0.15) is 24.7 Å². The van der Waals surface area contributed by atoms with E-state index in [1.807, 2.05) is 0 Å². The van der Waals surface area contributed by atoms with Crippen LogP contribution in [0.5, 0.6) is 11.5 Å². The summed E-state index contributed by atoms with van der Waals surface area (Å²) in [5.41, 5.74) is 1.46. The van der Waals surface area contributed by atoms with Crippen molar-refractivity contribution in [1.29, 1.82) is 0 Å². The number of rotatable bonds is 8. The van der Waals surface area contributed by atoms with Crippen LogP contribution in [0, 0.1) is 11.6 Å². The lowest BCUT2D eigenvalue weighted by Gasteiger charge is -2.34. The fourth-order valence-corrected chi connectivity index (χ4v) is 3.52. The van der Waals surface area contributed by atoms with Crippen LogP contribution < -0.4 is 9.47 Å². The van der Waals surface area contributed by atoms with Gasteiger partial charge in [0.15, 0.2) is 11.6 Å². The number of methoxy groups -OCH3 is 1. The number of hydrogen-bond acceptors (Lipinski definition) is 4. The predicted molar refractivity (Wildman–Crippen MR) is 128 cm³/mol. The van der Waals surface area contributed by atoms with E-state index in [9.17, 15) is 23.5 Å². The SMILES string of the molecule is COc1cc(F)c(F)cc1-c1ccc(OCc2cccc(C(=O)N(CC(=O)O)C(C)(C)C)c2)cc1. The Bertz CT molecular complexity index is 1220. The van der Waals surface area contributed by atoms with E-state index < -0.39 is 29.7 Å². The van der Waals surface area contributed by atoms with E-state index in [1.165, 1.54) is 12.0 Å². The summed E-state index contributed by atoms with van der Waals surface area (Å²) in [6.45, 7) is 5.10. The number of carboxylic acid groups (broad SMARTS) is 1. The van der Waals surface area contributed by atoms with Crippen LogP contribution in [0.4, 0.5) is 8.78 Å². The van der Waals surface area contributed by atoms with Crippen LogP contribution in [-0.2, 0) is 11.4 Å². The molecule has 0 saturated carbocycles. The molecule has 0 aromatic heterocycles. The van der Waals surface area contributed by atoms with Crippen molar-refractivity contribution < 1.29 is 33.0 Å². The molecule has 0 spiro atoms. The first-order valence-corrected chi connectivity index (χ1v) is 10.9. The van der Waals surface area contributed by atoms with Crippen LogP contribution in [0.15, 0.2) is 60.7 Å². The topological polar surface area (TPSA) is 76.1 Å². The number of ether oxygens (including phenoxy) is 2. The van der Waals surface area contributed by atoms with Crippen molar-refractivity contribution >= 4 is 11.9 Å². The zero-order valence-corrected chi connectivity index (χ0v) is 20.0. The maximum atomic E-state index is 13.7. The molecule has 3 aromatic rings. The Morgan fingerprint density at radius 1 is 0.971 bits per heavy atom. The Kier molecular flexibility index (Phi) is 7.74. The van der Waals surface area contributed by atoms with Crippen molar-refractivity contribution in [3.8, 4) is 22.6 Å². The molecule has 8 heteroatoms. The van der Waals surface area contributed by atoms with Crippen molar-refractivity contribution in [2.45, 2.75) is 32.9 Å². The highest BCUT2D eigenvalue weighted by Crippen LogP contribution is 2.33. The van der Waals surface area contributed by atoms with Crippen LogP contribution in [0.25, 0.3) is 11.1 Å². The molecule has 0 fully saturated rings. The lowest BCUT2D eigenvalue weighted by atomic mass is 10.0. The molecule has 0 heterocycles. The van der Waals surface area contributed by atoms with E-state index in [1.54, 1.807) is 69.3 Å². The van der Waals surface area contributed by atoms with E-state index in [2.05, 4.69) is 0 Å². The summed E-state index contributed by atoms with van der Waals surface area (Å²) in [5.74, 6) is -2.67. The van der Waals surface area contributed by atoms with E-state index in [-0.39, 0.29) is 18.3 Å². The van der Waals surface area contributed by atoms with Gasteiger partial charge >= 0.3 is 5.97 Å². The number of amides is 1. The fraction of sp³-hybridized carbons (Fsp3) is 0.259. The van der Waals surface area contributed by atoms with Gasteiger partial charge in [-0.2, -0.15) is 0 Å². The number of aliphatic carboxylic acids is 1. The number of benzene rings is 3. The third kappa shape index (κ3) is 6.35. The number of hydrogen-bond donors (Lipinski definition) is 1. The number of halogens is 2. The van der Waals surface area contributed by atoms with Gasteiger partial charge in [-0.05, 0) is 62.2 Å². The first kappa shape index (κ1) is 25.7. The average molecular weight is 484 g/mol. The summed E-state index contributed by atoms with van der Waals surface area (Å²) in [6.07, 6.45) is 0. The Morgan fingerprint density at radius 3 is 2.23 bits per heavy atom. The van der Waals surface area contributed by atoms with E-state index in [0.29, 0.717) is 22.4 Å². The monoisotopic (exact) mass is 483 g/mol. The van der Waals surface area contributed by atoms with E-state index in [0.717, 1.165) is 17.7 Å². The Balaban J connectivity index is 1.73. The van der Waals surface area contributed by atoms with E-state index in [4.69, 9.17) is 9.47 Å². The van der Waals surface area contributed by atoms with E-state index >= 15 is 0 Å². The Labute approximate surface area is 202 Å². The zero-order chi connectivity index (χ0) is 25.8. The van der Waals surface area contributed by atoms with Crippen molar-refractivity contribution in [2.24, 2.45) is 0 Å². The quantitative estimate of drug-likeness (QED) is 0.455. The zero-order valence-electron chi connectivity index (χ0n) is 20.0. The van der Waals surface area contributed by atoms with Gasteiger partial charge < -0.3 is 19.5 Å². The molecule has 6 nitrogen and oxygen atoms in total. The molecule has 35 heavy (non-hydrogen) atoms. The number of carboxylic acids is 1. The van der Waals surface area contributed by atoms with Crippen LogP contribution >= 0.6 is 0 Å². The third-order valence-corrected chi connectivity index (χ3v) is 5.34. The highest BCUT2D eigenvalue weighted by Gasteiger charge is 2.29. The lowest BCUT2D eigenvalue weighted by molar-refractivity contribution is -0.138. The van der Waals surface area contributed by atoms with Crippen LogP contribution in [0.3, 0.4) is 0 Å². The molecule has 0 aliphatic carbocycles. The molecular weight excluding hydrogens is 456 g/mol. The van der Waals surface area contributed by atoms with Gasteiger partial charge in [0.2, 0.25) is 0 Å². The molecule has 0 radical (unpaired) electrons. The molecule has 3 aromatic carbocycles. The molecule has 0 saturated heterocycles. The first-order chi connectivity index (χ1) is 16.5. The van der Waals surface area contributed by atoms with Crippen molar-refractivity contribution in [2.75, 3.05) is 13.7 Å². The second-order valence-electron chi connectivity index (χ2n) is 8.94. The van der Waals surface area contributed by atoms with Gasteiger partial charge in [-0.15, -0.1) is 0 Å². The Morgan fingerprint density at radius 2 is 1.63 bits per heavy atom. The number of nitrogens with zero attached hydrogens (tertiary/aromatic N) is 1. The normalized spacial score (nSPS) is 11.1. The fourth-order valence-electron chi connectivity index (χ4n) is 3.52. The minimum atomic E-state index is -1.09. The number of carbonyl (C=O) groups is 2. The molecule has 0 aliphatic heterocycles. The maximum absolute atomic E-state index is 13.7. The maximum Gasteiger partial charge on any atom is 0.323 e. The van der Waals surface area contributed by atoms with Gasteiger partial charge in [-0.1, -0.05) is 24.3 Å². The van der Waals surface area contributed by atoms with Crippen molar-refractivity contribution in [1.82, 2.24) is 4.90 Å². The molecule has 0 atom stereocenters. The van der Waals surface area contributed by atoms with Gasteiger partial charge in [0, 0.05) is 22.7 Å². The molecule has 3 rings (SSSR count). The summed E-state index contributed by atoms with van der Waals surface area (Å²) in [6, 6.07) is 15.7. The highest BCUT2D eigenvalue weighted by molar-refractivity contribution is 5.96. The summed E-state index contributed by atoms with van der Waals surface area (Å²) < 4.78 is 38.2. The van der Waals surface area contributed by atoms with Crippen molar-refractivity contribution in [3.63, 3.8) is 0 Å². The van der Waals surface area contributed by atoms with Crippen LogP contribution in [-0.4, -0.2) is 41.1 Å². The number of carbonyl (C=O) groups excluding carboxylic acids is 1. The molecule has 1 amide bonds. The van der Waals surface area contributed by atoms with Gasteiger partial charge in [0.05, 0.1) is 7.11 Å².